The first kappa shape index (κ1) is 17.8. The SMILES string of the molecule is CCC1(CNC(=O)Cc2c(C)nn(CC(F)(F)F)c2C)COC1. The smallest absolute Gasteiger partial charge is 0.380 e. The zero-order valence-corrected chi connectivity index (χ0v) is 13.6. The molecule has 2 heterocycles. The van der Waals surface area contributed by atoms with Gasteiger partial charge in [0.05, 0.1) is 25.3 Å². The number of ether oxygens (including phenoxy) is 1. The van der Waals surface area contributed by atoms with Gasteiger partial charge >= 0.3 is 6.18 Å². The van der Waals surface area contributed by atoms with E-state index in [-0.39, 0.29) is 17.7 Å². The number of hydrogen-bond donors (Lipinski definition) is 1. The number of rotatable bonds is 6. The average molecular weight is 333 g/mol. The van der Waals surface area contributed by atoms with E-state index in [1.807, 2.05) is 6.92 Å². The number of hydrogen-bond acceptors (Lipinski definition) is 3. The van der Waals surface area contributed by atoms with Crippen molar-refractivity contribution in [3.05, 3.63) is 17.0 Å². The van der Waals surface area contributed by atoms with Crippen molar-refractivity contribution in [2.45, 2.75) is 46.3 Å². The van der Waals surface area contributed by atoms with Crippen molar-refractivity contribution in [1.29, 1.82) is 0 Å². The molecule has 130 valence electrons. The lowest BCUT2D eigenvalue weighted by Crippen LogP contribution is -2.50. The van der Waals surface area contributed by atoms with Gasteiger partial charge in [-0.15, -0.1) is 0 Å². The predicted molar refractivity (Wildman–Crippen MR) is 78.0 cm³/mol. The second kappa shape index (κ2) is 6.51. The maximum Gasteiger partial charge on any atom is 0.408 e. The zero-order chi connectivity index (χ0) is 17.3. The minimum Gasteiger partial charge on any atom is -0.380 e. The Kier molecular flexibility index (Phi) is 5.03. The highest BCUT2D eigenvalue weighted by Crippen LogP contribution is 2.30. The maximum atomic E-state index is 12.5. The second-order valence-electron chi connectivity index (χ2n) is 6.22. The molecule has 1 saturated heterocycles. The van der Waals surface area contributed by atoms with E-state index in [1.54, 1.807) is 13.8 Å². The normalized spacial score (nSPS) is 17.0. The number of carbonyl (C=O) groups excluding carboxylic acids is 1. The molecule has 0 atom stereocenters. The fraction of sp³-hybridized carbons (Fsp3) is 0.733. The largest absolute Gasteiger partial charge is 0.408 e. The Bertz CT molecular complexity index is 572. The van der Waals surface area contributed by atoms with E-state index in [1.165, 1.54) is 0 Å². The molecule has 0 bridgehead atoms. The predicted octanol–water partition coefficient (Wildman–Crippen LogP) is 2.15. The standard InChI is InChI=1S/C15H22F3N3O2/c1-4-14(8-23-9-14)6-19-13(22)5-12-10(2)20-21(11(12)3)7-15(16,17)18/h4-9H2,1-3H3,(H,19,22). The molecule has 1 amide bonds. The summed E-state index contributed by atoms with van der Waals surface area (Å²) in [7, 11) is 0. The first-order chi connectivity index (χ1) is 10.7. The lowest BCUT2D eigenvalue weighted by molar-refractivity contribution is -0.143. The number of nitrogens with one attached hydrogen (secondary N) is 1. The van der Waals surface area contributed by atoms with Gasteiger partial charge in [0.1, 0.15) is 6.54 Å². The maximum absolute atomic E-state index is 12.5. The van der Waals surface area contributed by atoms with Gasteiger partial charge in [-0.05, 0) is 20.3 Å². The fourth-order valence-electron chi connectivity index (χ4n) is 2.64. The van der Waals surface area contributed by atoms with E-state index in [9.17, 15) is 18.0 Å². The van der Waals surface area contributed by atoms with Gasteiger partial charge in [-0.25, -0.2) is 0 Å². The van der Waals surface area contributed by atoms with Gasteiger partial charge in [0.25, 0.3) is 0 Å². The summed E-state index contributed by atoms with van der Waals surface area (Å²) in [5.41, 5.74) is 1.40. The number of carbonyl (C=O) groups is 1. The molecule has 1 fully saturated rings. The molecular weight excluding hydrogens is 311 g/mol. The van der Waals surface area contributed by atoms with Gasteiger partial charge in [-0.2, -0.15) is 18.3 Å². The molecule has 1 aromatic heterocycles. The third-order valence-corrected chi connectivity index (χ3v) is 4.42. The molecule has 1 aliphatic heterocycles. The van der Waals surface area contributed by atoms with Crippen LogP contribution in [0.4, 0.5) is 13.2 Å². The Hall–Kier alpha value is -1.57. The average Bonchev–Trinajstić information content (AvgIpc) is 2.64. The van der Waals surface area contributed by atoms with E-state index in [2.05, 4.69) is 10.4 Å². The zero-order valence-electron chi connectivity index (χ0n) is 13.6. The van der Waals surface area contributed by atoms with Crippen LogP contribution in [0.2, 0.25) is 0 Å². The van der Waals surface area contributed by atoms with Gasteiger partial charge in [-0.1, -0.05) is 6.92 Å². The minimum atomic E-state index is -4.33. The quantitative estimate of drug-likeness (QED) is 0.868. The Labute approximate surface area is 133 Å². The van der Waals surface area contributed by atoms with Crippen LogP contribution in [-0.2, 0) is 22.5 Å². The summed E-state index contributed by atoms with van der Waals surface area (Å²) < 4.78 is 43.6. The van der Waals surface area contributed by atoms with Crippen LogP contribution in [0.3, 0.4) is 0 Å². The van der Waals surface area contributed by atoms with Gasteiger partial charge in [0, 0.05) is 23.2 Å². The number of amides is 1. The molecule has 23 heavy (non-hydrogen) atoms. The number of aryl methyl sites for hydroxylation is 1. The van der Waals surface area contributed by atoms with E-state index < -0.39 is 12.7 Å². The van der Waals surface area contributed by atoms with Gasteiger partial charge < -0.3 is 10.1 Å². The fourth-order valence-corrected chi connectivity index (χ4v) is 2.64. The summed E-state index contributed by atoms with van der Waals surface area (Å²) in [6, 6.07) is 0. The van der Waals surface area contributed by atoms with Crippen LogP contribution in [-0.4, -0.2) is 41.6 Å². The third-order valence-electron chi connectivity index (χ3n) is 4.42. The van der Waals surface area contributed by atoms with Crippen LogP contribution in [0.15, 0.2) is 0 Å². The van der Waals surface area contributed by atoms with Crippen LogP contribution in [0.5, 0.6) is 0 Å². The molecule has 1 N–H and O–H groups in total. The summed E-state index contributed by atoms with van der Waals surface area (Å²) in [6.45, 7) is 5.87. The molecule has 5 nitrogen and oxygen atoms in total. The minimum absolute atomic E-state index is 0.000213. The summed E-state index contributed by atoms with van der Waals surface area (Å²) in [5, 5.41) is 6.76. The summed E-state index contributed by atoms with van der Waals surface area (Å²) in [4.78, 5) is 12.1. The second-order valence-corrected chi connectivity index (χ2v) is 6.22. The van der Waals surface area contributed by atoms with E-state index in [0.717, 1.165) is 11.1 Å². The molecule has 0 spiro atoms. The monoisotopic (exact) mass is 333 g/mol. The molecule has 1 aromatic rings. The van der Waals surface area contributed by atoms with Crippen molar-refractivity contribution in [2.24, 2.45) is 5.41 Å². The van der Waals surface area contributed by atoms with E-state index >= 15 is 0 Å². The van der Waals surface area contributed by atoms with Crippen LogP contribution in [0, 0.1) is 19.3 Å². The van der Waals surface area contributed by atoms with Gasteiger partial charge in [0.2, 0.25) is 5.91 Å². The molecule has 0 aromatic carbocycles. The topological polar surface area (TPSA) is 56.2 Å². The molecule has 8 heteroatoms. The van der Waals surface area contributed by atoms with Crippen molar-refractivity contribution in [3.8, 4) is 0 Å². The lowest BCUT2D eigenvalue weighted by Gasteiger charge is -2.40. The Morgan fingerprint density at radius 2 is 2.04 bits per heavy atom. The Morgan fingerprint density at radius 1 is 1.39 bits per heavy atom. The molecule has 0 saturated carbocycles. The summed E-state index contributed by atoms with van der Waals surface area (Å²) >= 11 is 0. The number of alkyl halides is 3. The van der Waals surface area contributed by atoms with Crippen LogP contribution >= 0.6 is 0 Å². The van der Waals surface area contributed by atoms with Gasteiger partial charge in [-0.3, -0.25) is 9.48 Å². The van der Waals surface area contributed by atoms with Gasteiger partial charge in [0.15, 0.2) is 0 Å². The first-order valence-corrected chi connectivity index (χ1v) is 7.60. The number of halogens is 3. The van der Waals surface area contributed by atoms with Crippen LogP contribution < -0.4 is 5.32 Å². The molecule has 0 unspecified atom stereocenters. The number of aromatic nitrogens is 2. The van der Waals surface area contributed by atoms with Crippen LogP contribution in [0.25, 0.3) is 0 Å². The van der Waals surface area contributed by atoms with Crippen molar-refractivity contribution >= 4 is 5.91 Å². The lowest BCUT2D eigenvalue weighted by atomic mass is 9.83. The molecule has 2 rings (SSSR count). The highest BCUT2D eigenvalue weighted by molar-refractivity contribution is 5.79. The molecular formula is C15H22F3N3O2. The summed E-state index contributed by atoms with van der Waals surface area (Å²) in [6.07, 6.45) is -3.38. The van der Waals surface area contributed by atoms with Crippen molar-refractivity contribution < 1.29 is 22.7 Å². The highest BCUT2D eigenvalue weighted by Gasteiger charge is 2.37. The van der Waals surface area contributed by atoms with E-state index in [0.29, 0.717) is 36.7 Å². The Morgan fingerprint density at radius 3 is 2.52 bits per heavy atom. The Balaban J connectivity index is 1.98. The summed E-state index contributed by atoms with van der Waals surface area (Å²) in [5.74, 6) is -0.206. The van der Waals surface area contributed by atoms with E-state index in [4.69, 9.17) is 4.74 Å². The first-order valence-electron chi connectivity index (χ1n) is 7.60. The van der Waals surface area contributed by atoms with Crippen molar-refractivity contribution in [2.75, 3.05) is 19.8 Å². The molecule has 0 aliphatic carbocycles. The third kappa shape index (κ3) is 4.25. The highest BCUT2D eigenvalue weighted by atomic mass is 19.4. The molecule has 1 aliphatic rings. The van der Waals surface area contributed by atoms with Crippen LogP contribution in [0.1, 0.15) is 30.3 Å². The molecule has 0 radical (unpaired) electrons. The van der Waals surface area contributed by atoms with Crippen molar-refractivity contribution in [3.63, 3.8) is 0 Å². The van der Waals surface area contributed by atoms with Crippen molar-refractivity contribution in [1.82, 2.24) is 15.1 Å². The number of nitrogens with zero attached hydrogens (tertiary/aromatic N) is 2.